The third-order valence-electron chi connectivity index (χ3n) is 1.99. The molecule has 0 aromatic rings. The molecule has 0 aromatic heterocycles. The van der Waals surface area contributed by atoms with Crippen LogP contribution in [0.3, 0.4) is 0 Å². The van der Waals surface area contributed by atoms with Crippen LogP contribution >= 0.6 is 0 Å². The van der Waals surface area contributed by atoms with Gasteiger partial charge in [0.05, 0.1) is 0 Å². The lowest BCUT2D eigenvalue weighted by molar-refractivity contribution is -0.169. The van der Waals surface area contributed by atoms with Gasteiger partial charge in [0.25, 0.3) is 0 Å². The molecule has 1 aliphatic heterocycles. The second kappa shape index (κ2) is 2.63. The summed E-state index contributed by atoms with van der Waals surface area (Å²) >= 11 is 0. The van der Waals surface area contributed by atoms with E-state index in [1.807, 2.05) is 0 Å². The summed E-state index contributed by atoms with van der Waals surface area (Å²) in [5, 5.41) is 25.2. The van der Waals surface area contributed by atoms with E-state index >= 15 is 0 Å². The second-order valence-electron chi connectivity index (χ2n) is 2.76. The summed E-state index contributed by atoms with van der Waals surface area (Å²) in [5.41, 5.74) is 3.13. The third-order valence-corrected chi connectivity index (χ3v) is 1.99. The lowest BCUT2D eigenvalue weighted by atomic mass is 10.1. The molecule has 1 aliphatic rings. The van der Waals surface area contributed by atoms with Crippen LogP contribution in [0, 0.1) is 5.41 Å². The number of likely N-dealkylation sites (tertiary alicyclic amines) is 1. The maximum absolute atomic E-state index is 10.6. The first-order chi connectivity index (χ1) is 5.48. The number of nitrogens with one attached hydrogen (secondary N) is 1. The van der Waals surface area contributed by atoms with Crippen LogP contribution in [-0.4, -0.2) is 39.3 Å². The minimum absolute atomic E-state index is 0.113. The number of aliphatic hydroxyl groups is 1. The smallest absolute Gasteiger partial charge is 0.357 e. The summed E-state index contributed by atoms with van der Waals surface area (Å²) in [6.07, 6.45) is 0.643. The number of hydrogen-bond donors (Lipinski definition) is 4. The third kappa shape index (κ3) is 1.10. The predicted molar refractivity (Wildman–Crippen MR) is 40.4 cm³/mol. The van der Waals surface area contributed by atoms with Gasteiger partial charge in [0.15, 0.2) is 5.96 Å². The van der Waals surface area contributed by atoms with Crippen molar-refractivity contribution in [3.05, 3.63) is 0 Å². The van der Waals surface area contributed by atoms with Crippen molar-refractivity contribution in [2.24, 2.45) is 5.73 Å². The van der Waals surface area contributed by atoms with E-state index in [1.165, 1.54) is 0 Å². The Morgan fingerprint density at radius 3 is 2.58 bits per heavy atom. The minimum atomic E-state index is -1.97. The van der Waals surface area contributed by atoms with Crippen molar-refractivity contribution < 1.29 is 15.0 Å². The van der Waals surface area contributed by atoms with Crippen LogP contribution in [0.15, 0.2) is 0 Å². The van der Waals surface area contributed by atoms with Crippen molar-refractivity contribution in [3.8, 4) is 0 Å². The van der Waals surface area contributed by atoms with Crippen molar-refractivity contribution in [1.29, 1.82) is 5.41 Å². The van der Waals surface area contributed by atoms with Gasteiger partial charge in [0.2, 0.25) is 5.72 Å². The first-order valence-electron chi connectivity index (χ1n) is 3.56. The van der Waals surface area contributed by atoms with Crippen LogP contribution in [0.5, 0.6) is 0 Å². The number of hydrogen-bond acceptors (Lipinski definition) is 3. The van der Waals surface area contributed by atoms with Crippen LogP contribution in [0.1, 0.15) is 12.8 Å². The molecule has 1 rings (SSSR count). The van der Waals surface area contributed by atoms with Gasteiger partial charge in [-0.2, -0.15) is 0 Å². The molecule has 1 heterocycles. The fourth-order valence-corrected chi connectivity index (χ4v) is 1.35. The number of carbonyl (C=O) groups is 1. The van der Waals surface area contributed by atoms with Crippen LogP contribution in [0.4, 0.5) is 0 Å². The Balaban J connectivity index is 2.89. The Labute approximate surface area is 69.1 Å². The van der Waals surface area contributed by atoms with Gasteiger partial charge >= 0.3 is 5.97 Å². The monoisotopic (exact) mass is 173 g/mol. The van der Waals surface area contributed by atoms with Gasteiger partial charge in [-0.05, 0) is 6.42 Å². The van der Waals surface area contributed by atoms with Crippen molar-refractivity contribution in [3.63, 3.8) is 0 Å². The average Bonchev–Trinajstić information content (AvgIpc) is 2.32. The van der Waals surface area contributed by atoms with E-state index in [2.05, 4.69) is 0 Å². The molecule has 1 atom stereocenters. The van der Waals surface area contributed by atoms with E-state index in [9.17, 15) is 9.90 Å². The molecule has 6 nitrogen and oxygen atoms in total. The Kier molecular flexibility index (Phi) is 1.93. The molecule has 0 radical (unpaired) electrons. The van der Waals surface area contributed by atoms with E-state index in [1.54, 1.807) is 0 Å². The van der Waals surface area contributed by atoms with Gasteiger partial charge in [-0.15, -0.1) is 0 Å². The van der Waals surface area contributed by atoms with Gasteiger partial charge in [-0.1, -0.05) is 0 Å². The lowest BCUT2D eigenvalue weighted by Crippen LogP contribution is -2.55. The Morgan fingerprint density at radius 1 is 1.67 bits per heavy atom. The fourth-order valence-electron chi connectivity index (χ4n) is 1.35. The molecule has 12 heavy (non-hydrogen) atoms. The zero-order valence-corrected chi connectivity index (χ0v) is 6.45. The maximum Gasteiger partial charge on any atom is 0.357 e. The molecule has 0 aromatic carbocycles. The summed E-state index contributed by atoms with van der Waals surface area (Å²) in [6.45, 7) is 0.318. The first-order valence-corrected chi connectivity index (χ1v) is 3.56. The van der Waals surface area contributed by atoms with Crippen LogP contribution in [0.25, 0.3) is 0 Å². The number of rotatable bonds is 1. The number of aliphatic carboxylic acids is 1. The van der Waals surface area contributed by atoms with Crippen molar-refractivity contribution >= 4 is 11.9 Å². The van der Waals surface area contributed by atoms with Gasteiger partial charge in [-0.3, -0.25) is 5.41 Å². The molecule has 0 amide bonds. The zero-order valence-electron chi connectivity index (χ0n) is 6.45. The SMILES string of the molecule is N=C(N)N1CCCC1(O)C(=O)O. The largest absolute Gasteiger partial charge is 0.478 e. The van der Waals surface area contributed by atoms with Gasteiger partial charge < -0.3 is 20.8 Å². The predicted octanol–water partition coefficient (Wildman–Crippen LogP) is -1.25. The Hall–Kier alpha value is -1.30. The number of carboxylic acids is 1. The summed E-state index contributed by atoms with van der Waals surface area (Å²) in [5.74, 6) is -1.76. The molecule has 1 saturated heterocycles. The summed E-state index contributed by atoms with van der Waals surface area (Å²) < 4.78 is 0. The van der Waals surface area contributed by atoms with E-state index in [-0.39, 0.29) is 6.42 Å². The fraction of sp³-hybridized carbons (Fsp3) is 0.667. The van der Waals surface area contributed by atoms with Crippen LogP contribution < -0.4 is 5.73 Å². The number of nitrogens with two attached hydrogens (primary N) is 1. The number of nitrogens with zero attached hydrogens (tertiary/aromatic N) is 1. The maximum atomic E-state index is 10.6. The van der Waals surface area contributed by atoms with Crippen molar-refractivity contribution in [2.45, 2.75) is 18.6 Å². The van der Waals surface area contributed by atoms with E-state index < -0.39 is 17.7 Å². The molecule has 0 spiro atoms. The lowest BCUT2D eigenvalue weighted by Gasteiger charge is -2.29. The van der Waals surface area contributed by atoms with Crippen LogP contribution in [0.2, 0.25) is 0 Å². The molecule has 0 saturated carbocycles. The highest BCUT2D eigenvalue weighted by Crippen LogP contribution is 2.25. The first kappa shape index (κ1) is 8.79. The summed E-state index contributed by atoms with van der Waals surface area (Å²) in [4.78, 5) is 11.6. The average molecular weight is 173 g/mol. The number of guanidine groups is 1. The van der Waals surface area contributed by atoms with Crippen molar-refractivity contribution in [2.75, 3.05) is 6.54 Å². The van der Waals surface area contributed by atoms with Gasteiger partial charge in [0, 0.05) is 13.0 Å². The molecule has 0 aliphatic carbocycles. The normalized spacial score (nSPS) is 28.9. The standard InChI is InChI=1S/C6H11N3O3/c7-5(8)9-3-1-2-6(9,12)4(10)11/h12H,1-3H2,(H3,7,8)(H,10,11). The molecular weight excluding hydrogens is 162 g/mol. The van der Waals surface area contributed by atoms with Crippen LogP contribution in [-0.2, 0) is 4.79 Å². The van der Waals surface area contributed by atoms with Crippen molar-refractivity contribution in [1.82, 2.24) is 4.90 Å². The molecule has 6 heteroatoms. The Morgan fingerprint density at radius 2 is 2.25 bits per heavy atom. The molecule has 1 fully saturated rings. The zero-order chi connectivity index (χ0) is 9.35. The van der Waals surface area contributed by atoms with Gasteiger partial charge in [-0.25, -0.2) is 4.79 Å². The quantitative estimate of drug-likeness (QED) is 0.292. The molecule has 68 valence electrons. The van der Waals surface area contributed by atoms with E-state index in [0.29, 0.717) is 13.0 Å². The second-order valence-corrected chi connectivity index (χ2v) is 2.76. The highest BCUT2D eigenvalue weighted by Gasteiger charge is 2.46. The van der Waals surface area contributed by atoms with Gasteiger partial charge in [0.1, 0.15) is 0 Å². The Bertz CT molecular complexity index is 230. The van der Waals surface area contributed by atoms with E-state index in [0.717, 1.165) is 4.90 Å². The number of carboxylic acid groups (broad SMARTS) is 1. The molecule has 1 unspecified atom stereocenters. The molecular formula is C6H11N3O3. The molecule has 0 bridgehead atoms. The van der Waals surface area contributed by atoms with E-state index in [4.69, 9.17) is 16.2 Å². The highest BCUT2D eigenvalue weighted by atomic mass is 16.4. The molecule has 5 N–H and O–H groups in total. The topological polar surface area (TPSA) is 111 Å². The minimum Gasteiger partial charge on any atom is -0.478 e. The highest BCUT2D eigenvalue weighted by molar-refractivity contribution is 5.85. The summed E-state index contributed by atoms with van der Waals surface area (Å²) in [6, 6.07) is 0. The summed E-state index contributed by atoms with van der Waals surface area (Å²) in [7, 11) is 0.